The zero-order valence-electron chi connectivity index (χ0n) is 13.6. The van der Waals surface area contributed by atoms with Gasteiger partial charge in [-0.2, -0.15) is 0 Å². The van der Waals surface area contributed by atoms with Gasteiger partial charge in [0.1, 0.15) is 0 Å². The van der Waals surface area contributed by atoms with Crippen LogP contribution in [0.4, 0.5) is 0 Å². The van der Waals surface area contributed by atoms with E-state index in [1.165, 1.54) is 19.3 Å². The summed E-state index contributed by atoms with van der Waals surface area (Å²) >= 11 is 0. The number of ether oxygens (including phenoxy) is 2. The van der Waals surface area contributed by atoms with Crippen molar-refractivity contribution in [2.24, 2.45) is 0 Å². The quantitative estimate of drug-likeness (QED) is 0.522. The molecule has 0 aliphatic rings. The van der Waals surface area contributed by atoms with Crippen LogP contribution in [0.5, 0.6) is 0 Å². The molecule has 0 aromatic carbocycles. The first kappa shape index (κ1) is 18.8. The molecule has 0 aromatic heterocycles. The molecule has 2 unspecified atom stereocenters. The minimum absolute atomic E-state index is 0.443. The Morgan fingerprint density at radius 2 is 1.79 bits per heavy atom. The molecule has 0 heterocycles. The van der Waals surface area contributed by atoms with Crippen molar-refractivity contribution in [3.63, 3.8) is 0 Å². The van der Waals surface area contributed by atoms with Crippen molar-refractivity contribution in [3.8, 4) is 0 Å². The summed E-state index contributed by atoms with van der Waals surface area (Å²) in [5.41, 5.74) is 0. The third-order valence-electron chi connectivity index (χ3n) is 3.50. The van der Waals surface area contributed by atoms with Gasteiger partial charge in [0.05, 0.1) is 13.2 Å². The lowest BCUT2D eigenvalue weighted by molar-refractivity contribution is 0.0489. The van der Waals surface area contributed by atoms with Crippen LogP contribution in [-0.2, 0) is 9.47 Å². The van der Waals surface area contributed by atoms with Gasteiger partial charge in [0.25, 0.3) is 0 Å². The van der Waals surface area contributed by atoms with E-state index >= 15 is 0 Å². The number of rotatable bonds is 13. The second-order valence-corrected chi connectivity index (χ2v) is 5.28. The molecule has 0 spiro atoms. The van der Waals surface area contributed by atoms with E-state index in [2.05, 4.69) is 31.0 Å². The van der Waals surface area contributed by atoms with Crippen molar-refractivity contribution in [3.05, 3.63) is 0 Å². The predicted molar refractivity (Wildman–Crippen MR) is 81.8 cm³/mol. The van der Waals surface area contributed by atoms with E-state index in [9.17, 15) is 0 Å². The maximum atomic E-state index is 5.28. The van der Waals surface area contributed by atoms with Crippen LogP contribution in [0.15, 0.2) is 0 Å². The van der Waals surface area contributed by atoms with Gasteiger partial charge in [0.2, 0.25) is 0 Å². The Labute approximate surface area is 119 Å². The molecular weight excluding hydrogens is 240 g/mol. The van der Waals surface area contributed by atoms with Gasteiger partial charge in [-0.05, 0) is 46.2 Å². The second-order valence-electron chi connectivity index (χ2n) is 5.28. The first-order chi connectivity index (χ1) is 9.17. The molecule has 4 nitrogen and oxygen atoms in total. The minimum Gasteiger partial charge on any atom is -0.383 e. The normalized spacial score (nSPS) is 14.8. The van der Waals surface area contributed by atoms with Crippen LogP contribution in [0.1, 0.15) is 40.0 Å². The fourth-order valence-corrected chi connectivity index (χ4v) is 2.40. The van der Waals surface area contributed by atoms with Crippen LogP contribution in [0, 0.1) is 0 Å². The van der Waals surface area contributed by atoms with Gasteiger partial charge >= 0.3 is 0 Å². The average Bonchev–Trinajstić information content (AvgIpc) is 2.39. The van der Waals surface area contributed by atoms with Gasteiger partial charge in [-0.3, -0.25) is 4.90 Å². The van der Waals surface area contributed by atoms with E-state index in [1.807, 2.05) is 0 Å². The highest BCUT2D eigenvalue weighted by Gasteiger charge is 2.19. The standard InChI is InChI=1S/C15H34N2O2/c1-6-9-16-10-7-8-14(2)17(11-12-18-4)15(3)13-19-5/h14-16H,6-13H2,1-5H3. The van der Waals surface area contributed by atoms with Crippen LogP contribution in [-0.4, -0.2) is 64.1 Å². The molecule has 0 bridgehead atoms. The molecule has 0 saturated heterocycles. The molecular formula is C15H34N2O2. The van der Waals surface area contributed by atoms with Crippen molar-refractivity contribution in [2.75, 3.05) is 47.1 Å². The Balaban J connectivity index is 4.02. The van der Waals surface area contributed by atoms with Gasteiger partial charge < -0.3 is 14.8 Å². The van der Waals surface area contributed by atoms with Gasteiger partial charge in [-0.15, -0.1) is 0 Å². The van der Waals surface area contributed by atoms with Crippen LogP contribution in [0.3, 0.4) is 0 Å². The van der Waals surface area contributed by atoms with Gasteiger partial charge in [-0.25, -0.2) is 0 Å². The molecule has 2 atom stereocenters. The Morgan fingerprint density at radius 1 is 1.05 bits per heavy atom. The van der Waals surface area contributed by atoms with Crippen molar-refractivity contribution in [1.82, 2.24) is 10.2 Å². The zero-order chi connectivity index (χ0) is 14.5. The van der Waals surface area contributed by atoms with Crippen molar-refractivity contribution in [2.45, 2.75) is 52.1 Å². The fourth-order valence-electron chi connectivity index (χ4n) is 2.40. The SMILES string of the molecule is CCCNCCCC(C)N(CCOC)C(C)COC. The van der Waals surface area contributed by atoms with E-state index < -0.39 is 0 Å². The molecule has 0 fully saturated rings. The molecule has 0 aliphatic heterocycles. The lowest BCUT2D eigenvalue weighted by Gasteiger charge is -2.34. The van der Waals surface area contributed by atoms with E-state index in [0.29, 0.717) is 12.1 Å². The van der Waals surface area contributed by atoms with E-state index in [0.717, 1.165) is 32.8 Å². The lowest BCUT2D eigenvalue weighted by Crippen LogP contribution is -2.44. The largest absolute Gasteiger partial charge is 0.383 e. The predicted octanol–water partition coefficient (Wildman–Crippen LogP) is 2.14. The van der Waals surface area contributed by atoms with Gasteiger partial charge in [0.15, 0.2) is 0 Å². The second kappa shape index (κ2) is 12.9. The maximum absolute atomic E-state index is 5.28. The molecule has 0 radical (unpaired) electrons. The average molecular weight is 274 g/mol. The lowest BCUT2D eigenvalue weighted by atomic mass is 10.1. The molecule has 0 aromatic rings. The van der Waals surface area contributed by atoms with Crippen LogP contribution in [0.2, 0.25) is 0 Å². The summed E-state index contributed by atoms with van der Waals surface area (Å²) in [5.74, 6) is 0. The molecule has 0 amide bonds. The topological polar surface area (TPSA) is 33.7 Å². The summed E-state index contributed by atoms with van der Waals surface area (Å²) in [4.78, 5) is 2.49. The maximum Gasteiger partial charge on any atom is 0.0615 e. The van der Waals surface area contributed by atoms with Crippen LogP contribution in [0.25, 0.3) is 0 Å². The third kappa shape index (κ3) is 9.38. The van der Waals surface area contributed by atoms with E-state index in [4.69, 9.17) is 9.47 Å². The molecule has 0 aliphatic carbocycles. The molecule has 0 rings (SSSR count). The number of nitrogens with one attached hydrogen (secondary N) is 1. The smallest absolute Gasteiger partial charge is 0.0615 e. The van der Waals surface area contributed by atoms with Crippen molar-refractivity contribution < 1.29 is 9.47 Å². The van der Waals surface area contributed by atoms with E-state index in [-0.39, 0.29) is 0 Å². The Morgan fingerprint density at radius 3 is 2.37 bits per heavy atom. The molecule has 0 saturated carbocycles. The summed E-state index contributed by atoms with van der Waals surface area (Å²) in [6.07, 6.45) is 3.65. The van der Waals surface area contributed by atoms with Crippen molar-refractivity contribution in [1.29, 1.82) is 0 Å². The highest BCUT2D eigenvalue weighted by molar-refractivity contribution is 4.74. The molecule has 4 heteroatoms. The summed E-state index contributed by atoms with van der Waals surface area (Å²) < 4.78 is 10.5. The fraction of sp³-hybridized carbons (Fsp3) is 1.00. The third-order valence-corrected chi connectivity index (χ3v) is 3.50. The van der Waals surface area contributed by atoms with Crippen molar-refractivity contribution >= 4 is 0 Å². The van der Waals surface area contributed by atoms with Gasteiger partial charge in [-0.1, -0.05) is 6.92 Å². The monoisotopic (exact) mass is 274 g/mol. The summed E-state index contributed by atoms with van der Waals surface area (Å²) in [7, 11) is 3.53. The Hall–Kier alpha value is -0.160. The highest BCUT2D eigenvalue weighted by atomic mass is 16.5. The zero-order valence-corrected chi connectivity index (χ0v) is 13.6. The molecule has 1 N–H and O–H groups in total. The minimum atomic E-state index is 0.443. The number of hydrogen-bond acceptors (Lipinski definition) is 4. The first-order valence-electron chi connectivity index (χ1n) is 7.61. The summed E-state index contributed by atoms with van der Waals surface area (Å²) in [6.45, 7) is 11.5. The molecule has 116 valence electrons. The number of nitrogens with zero attached hydrogens (tertiary/aromatic N) is 1. The van der Waals surface area contributed by atoms with Crippen LogP contribution >= 0.6 is 0 Å². The molecule has 19 heavy (non-hydrogen) atoms. The van der Waals surface area contributed by atoms with Crippen LogP contribution < -0.4 is 5.32 Å². The Bertz CT molecular complexity index is 191. The highest BCUT2D eigenvalue weighted by Crippen LogP contribution is 2.11. The summed E-state index contributed by atoms with van der Waals surface area (Å²) in [6, 6.07) is 1.02. The number of hydrogen-bond donors (Lipinski definition) is 1. The Kier molecular flexibility index (Phi) is 12.7. The number of methoxy groups -OCH3 is 2. The van der Waals surface area contributed by atoms with Gasteiger partial charge in [0, 0.05) is 32.8 Å². The van der Waals surface area contributed by atoms with E-state index in [1.54, 1.807) is 14.2 Å². The summed E-state index contributed by atoms with van der Waals surface area (Å²) in [5, 5.41) is 3.46. The first-order valence-corrected chi connectivity index (χ1v) is 7.61.